The van der Waals surface area contributed by atoms with Gasteiger partial charge >= 0.3 is 0 Å². The van der Waals surface area contributed by atoms with Gasteiger partial charge in [0.25, 0.3) is 0 Å². The third-order valence-electron chi connectivity index (χ3n) is 1.78. The Morgan fingerprint density at radius 2 is 2.25 bits per heavy atom. The maximum absolute atomic E-state index is 11.1. The van der Waals surface area contributed by atoms with E-state index in [1.807, 2.05) is 0 Å². The number of rotatable bonds is 5. The van der Waals surface area contributed by atoms with Crippen molar-refractivity contribution >= 4 is 17.5 Å². The van der Waals surface area contributed by atoms with Crippen LogP contribution in [0.2, 0.25) is 0 Å². The van der Waals surface area contributed by atoms with E-state index in [0.29, 0.717) is 5.69 Å². The van der Waals surface area contributed by atoms with E-state index in [-0.39, 0.29) is 25.0 Å². The van der Waals surface area contributed by atoms with Crippen LogP contribution in [0, 0.1) is 0 Å². The molecule has 2 N–H and O–H groups in total. The second-order valence-corrected chi connectivity index (χ2v) is 3.08. The first-order valence-corrected chi connectivity index (χ1v) is 4.67. The molecule has 0 aliphatic carbocycles. The maximum atomic E-state index is 11.1. The molecule has 1 heterocycles. The van der Waals surface area contributed by atoms with Crippen LogP contribution < -0.4 is 10.6 Å². The molecule has 7 nitrogen and oxygen atoms in total. The molecule has 1 aromatic rings. The largest absolute Gasteiger partial charge is 0.375 e. The molecule has 16 heavy (non-hydrogen) atoms. The molecule has 0 atom stereocenters. The van der Waals surface area contributed by atoms with Crippen molar-refractivity contribution in [2.75, 3.05) is 26.1 Å². The van der Waals surface area contributed by atoms with Crippen molar-refractivity contribution in [2.24, 2.45) is 0 Å². The monoisotopic (exact) mass is 226 g/mol. The van der Waals surface area contributed by atoms with Crippen LogP contribution in [0.4, 0.5) is 5.69 Å². The molecule has 0 saturated carbocycles. The zero-order chi connectivity index (χ0) is 12.0. The number of hydrogen-bond acceptors (Lipinski definition) is 4. The van der Waals surface area contributed by atoms with Crippen LogP contribution in [0.25, 0.3) is 0 Å². The summed E-state index contributed by atoms with van der Waals surface area (Å²) in [7, 11) is 2.99. The lowest BCUT2D eigenvalue weighted by molar-refractivity contribution is -0.121. The summed E-state index contributed by atoms with van der Waals surface area (Å²) in [6.07, 6.45) is 3.04. The summed E-state index contributed by atoms with van der Waals surface area (Å²) in [6, 6.07) is 0. The zero-order valence-corrected chi connectivity index (χ0v) is 9.19. The molecule has 0 aliphatic rings. The molecule has 0 bridgehead atoms. The van der Waals surface area contributed by atoms with Gasteiger partial charge in [-0.05, 0) is 0 Å². The number of nitrogens with one attached hydrogen (secondary N) is 2. The summed E-state index contributed by atoms with van der Waals surface area (Å²) in [5.74, 6) is -0.417. The predicted octanol–water partition coefficient (Wildman–Crippen LogP) is -0.786. The van der Waals surface area contributed by atoms with E-state index in [0.717, 1.165) is 0 Å². The van der Waals surface area contributed by atoms with Crippen molar-refractivity contribution in [3.05, 3.63) is 12.4 Å². The molecule has 7 heteroatoms. The zero-order valence-electron chi connectivity index (χ0n) is 9.19. The fourth-order valence-electron chi connectivity index (χ4n) is 1.07. The van der Waals surface area contributed by atoms with Crippen LogP contribution in [0.5, 0.6) is 0 Å². The third-order valence-corrected chi connectivity index (χ3v) is 1.78. The van der Waals surface area contributed by atoms with Crippen LogP contribution in [-0.2, 0) is 20.9 Å². The van der Waals surface area contributed by atoms with Crippen LogP contribution in [0.15, 0.2) is 12.4 Å². The van der Waals surface area contributed by atoms with Gasteiger partial charge in [0.05, 0.1) is 11.9 Å². The Kier molecular flexibility index (Phi) is 4.46. The average molecular weight is 226 g/mol. The second-order valence-electron chi connectivity index (χ2n) is 3.08. The van der Waals surface area contributed by atoms with Crippen molar-refractivity contribution in [3.63, 3.8) is 0 Å². The van der Waals surface area contributed by atoms with E-state index in [2.05, 4.69) is 20.5 Å². The van der Waals surface area contributed by atoms with Crippen LogP contribution in [0.1, 0.15) is 0 Å². The third kappa shape index (κ3) is 3.70. The molecular formula is C9H14N4O3. The minimum absolute atomic E-state index is 0.0133. The van der Waals surface area contributed by atoms with E-state index in [1.165, 1.54) is 18.0 Å². The first-order valence-electron chi connectivity index (χ1n) is 4.67. The number of carbonyl (C=O) groups excluding carboxylic acids is 2. The highest BCUT2D eigenvalue weighted by atomic mass is 16.5. The average Bonchev–Trinajstić information content (AvgIpc) is 2.65. The number of hydrogen-bond donors (Lipinski definition) is 2. The van der Waals surface area contributed by atoms with Crippen LogP contribution >= 0.6 is 0 Å². The molecule has 2 amide bonds. The molecule has 0 aliphatic heterocycles. The minimum atomic E-state index is -0.262. The topological polar surface area (TPSA) is 85.2 Å². The fraction of sp³-hybridized carbons (Fsp3) is 0.444. The van der Waals surface area contributed by atoms with Gasteiger partial charge in [-0.2, -0.15) is 5.10 Å². The Hall–Kier alpha value is -1.89. The SMILES string of the molecule is CNC(=O)Cn1cc(NC(=O)COC)cn1. The standard InChI is InChI=1S/C9H14N4O3/c1-10-8(14)5-13-4-7(3-11-13)12-9(15)6-16-2/h3-4H,5-6H2,1-2H3,(H,10,14)(H,12,15). The lowest BCUT2D eigenvalue weighted by Gasteiger charge is -2.00. The number of ether oxygens (including phenoxy) is 1. The van der Waals surface area contributed by atoms with Crippen molar-refractivity contribution in [1.82, 2.24) is 15.1 Å². The lowest BCUT2D eigenvalue weighted by Crippen LogP contribution is -2.23. The van der Waals surface area contributed by atoms with Gasteiger partial charge in [0.1, 0.15) is 13.2 Å². The first-order chi connectivity index (χ1) is 7.65. The quantitative estimate of drug-likeness (QED) is 0.689. The van der Waals surface area contributed by atoms with Crippen LogP contribution in [-0.4, -0.2) is 42.4 Å². The first kappa shape index (κ1) is 12.2. The van der Waals surface area contributed by atoms with Gasteiger partial charge in [-0.3, -0.25) is 14.3 Å². The highest BCUT2D eigenvalue weighted by molar-refractivity contribution is 5.91. The summed E-state index contributed by atoms with van der Waals surface area (Å²) >= 11 is 0. The Morgan fingerprint density at radius 3 is 2.88 bits per heavy atom. The molecule has 0 radical (unpaired) electrons. The smallest absolute Gasteiger partial charge is 0.250 e. The molecule has 0 spiro atoms. The number of carbonyl (C=O) groups is 2. The van der Waals surface area contributed by atoms with E-state index in [9.17, 15) is 9.59 Å². The summed E-state index contributed by atoms with van der Waals surface area (Å²) < 4.78 is 6.09. The molecule has 1 rings (SSSR count). The number of nitrogens with zero attached hydrogens (tertiary/aromatic N) is 2. The van der Waals surface area contributed by atoms with Crippen molar-refractivity contribution in [3.8, 4) is 0 Å². The summed E-state index contributed by atoms with van der Waals surface area (Å²) in [5, 5.41) is 8.97. The summed E-state index contributed by atoms with van der Waals surface area (Å²) in [4.78, 5) is 22.2. The summed E-state index contributed by atoms with van der Waals surface area (Å²) in [5.41, 5.74) is 0.533. The molecule has 88 valence electrons. The number of methoxy groups -OCH3 is 1. The Morgan fingerprint density at radius 1 is 1.50 bits per heavy atom. The van der Waals surface area contributed by atoms with E-state index in [1.54, 1.807) is 13.2 Å². The van der Waals surface area contributed by atoms with E-state index < -0.39 is 0 Å². The normalized spacial score (nSPS) is 9.88. The Balaban J connectivity index is 2.51. The Bertz CT molecular complexity index is 375. The van der Waals surface area contributed by atoms with Gasteiger partial charge in [-0.25, -0.2) is 0 Å². The molecule has 0 saturated heterocycles. The number of amides is 2. The van der Waals surface area contributed by atoms with Gasteiger partial charge in [0.2, 0.25) is 11.8 Å². The van der Waals surface area contributed by atoms with Gasteiger partial charge < -0.3 is 15.4 Å². The second kappa shape index (κ2) is 5.86. The maximum Gasteiger partial charge on any atom is 0.250 e. The van der Waals surface area contributed by atoms with Crippen molar-refractivity contribution in [2.45, 2.75) is 6.54 Å². The number of aromatic nitrogens is 2. The summed E-state index contributed by atoms with van der Waals surface area (Å²) in [6.45, 7) is 0.108. The molecule has 0 aromatic carbocycles. The Labute approximate surface area is 92.8 Å². The van der Waals surface area contributed by atoms with Gasteiger partial charge in [0, 0.05) is 20.4 Å². The molecule has 0 fully saturated rings. The highest BCUT2D eigenvalue weighted by Crippen LogP contribution is 2.04. The number of likely N-dealkylation sites (N-methyl/N-ethyl adjacent to an activating group) is 1. The minimum Gasteiger partial charge on any atom is -0.375 e. The molecular weight excluding hydrogens is 212 g/mol. The van der Waals surface area contributed by atoms with E-state index in [4.69, 9.17) is 0 Å². The van der Waals surface area contributed by atoms with Crippen molar-refractivity contribution < 1.29 is 14.3 Å². The number of anilines is 1. The molecule has 1 aromatic heterocycles. The fourth-order valence-corrected chi connectivity index (χ4v) is 1.07. The van der Waals surface area contributed by atoms with Gasteiger partial charge in [-0.1, -0.05) is 0 Å². The predicted molar refractivity (Wildman–Crippen MR) is 56.8 cm³/mol. The highest BCUT2D eigenvalue weighted by Gasteiger charge is 2.05. The van der Waals surface area contributed by atoms with Gasteiger partial charge in [-0.15, -0.1) is 0 Å². The van der Waals surface area contributed by atoms with Gasteiger partial charge in [0.15, 0.2) is 0 Å². The van der Waals surface area contributed by atoms with Crippen LogP contribution in [0.3, 0.4) is 0 Å². The van der Waals surface area contributed by atoms with Crippen molar-refractivity contribution in [1.29, 1.82) is 0 Å². The lowest BCUT2D eigenvalue weighted by atomic mass is 10.5. The molecule has 0 unspecified atom stereocenters. The van der Waals surface area contributed by atoms with E-state index >= 15 is 0 Å².